The Kier molecular flexibility index (Phi) is 8.42. The predicted octanol–water partition coefficient (Wildman–Crippen LogP) is 6.12. The van der Waals surface area contributed by atoms with Crippen molar-refractivity contribution in [2.75, 3.05) is 0 Å². The van der Waals surface area contributed by atoms with Crippen molar-refractivity contribution < 1.29 is 33.8 Å². The second kappa shape index (κ2) is 11.7. The summed E-state index contributed by atoms with van der Waals surface area (Å²) >= 11 is 7.47. The normalized spacial score (nSPS) is 17.0. The van der Waals surface area contributed by atoms with Crippen molar-refractivity contribution in [1.29, 1.82) is 0 Å². The number of hydrogen-bond acceptors (Lipinski definition) is 10. The van der Waals surface area contributed by atoms with E-state index in [1.54, 1.807) is 19.9 Å². The molecule has 1 N–H and O–H groups in total. The first kappa shape index (κ1) is 27.3. The van der Waals surface area contributed by atoms with E-state index in [2.05, 4.69) is 9.97 Å². The number of carbonyl (C=O) groups is 2. The largest absolute Gasteiger partial charge is 0.514 e. The Hall–Kier alpha value is -3.77. The van der Waals surface area contributed by atoms with E-state index in [0.717, 1.165) is 12.8 Å². The van der Waals surface area contributed by atoms with Crippen molar-refractivity contribution in [3.63, 3.8) is 0 Å². The topological polar surface area (TPSA) is 151 Å². The molecule has 1 fully saturated rings. The van der Waals surface area contributed by atoms with Crippen LogP contribution in [0.2, 0.25) is 4.34 Å². The summed E-state index contributed by atoms with van der Waals surface area (Å²) in [5, 5.41) is 20.1. The molecule has 3 aromatic rings. The van der Waals surface area contributed by atoms with Gasteiger partial charge in [-0.1, -0.05) is 11.6 Å². The smallest absolute Gasteiger partial charge is 0.487 e. The number of carboxylic acids is 1. The van der Waals surface area contributed by atoms with Gasteiger partial charge in [0.05, 0.1) is 37.5 Å². The third-order valence-electron chi connectivity index (χ3n) is 6.04. The number of aryl methyl sites for hydroxylation is 2. The van der Waals surface area contributed by atoms with Gasteiger partial charge in [-0.05, 0) is 57.7 Å². The molecule has 1 aliphatic rings. The average Bonchev–Trinajstić information content (AvgIpc) is 3.25. The van der Waals surface area contributed by atoms with Gasteiger partial charge in [0.25, 0.3) is 5.69 Å². The minimum atomic E-state index is -0.990. The van der Waals surface area contributed by atoms with Crippen LogP contribution in [0.1, 0.15) is 42.6 Å². The van der Waals surface area contributed by atoms with E-state index in [1.165, 1.54) is 35.6 Å². The fourth-order valence-corrected chi connectivity index (χ4v) is 5.40. The number of aromatic nitrogens is 2. The molecule has 200 valence electrons. The molecular weight excluding hydrogens is 538 g/mol. The Morgan fingerprint density at radius 2 is 1.87 bits per heavy atom. The van der Waals surface area contributed by atoms with Crippen molar-refractivity contribution in [2.45, 2.75) is 52.2 Å². The molecule has 1 aliphatic carbocycles. The molecule has 4 rings (SSSR count). The van der Waals surface area contributed by atoms with Gasteiger partial charge in [0, 0.05) is 17.7 Å². The molecule has 2 atom stereocenters. The minimum Gasteiger partial charge on any atom is -0.487 e. The molecule has 2 aromatic heterocycles. The van der Waals surface area contributed by atoms with E-state index >= 15 is 0 Å². The fraction of sp³-hybridized carbons (Fsp3) is 0.360. The van der Waals surface area contributed by atoms with Crippen LogP contribution in [0.15, 0.2) is 30.3 Å². The maximum atomic E-state index is 12.2. The zero-order chi connectivity index (χ0) is 27.4. The Labute approximate surface area is 226 Å². The molecule has 0 aliphatic heterocycles. The number of nitrogens with zero attached hydrogens (tertiary/aromatic N) is 3. The summed E-state index contributed by atoms with van der Waals surface area (Å²) in [6.45, 7) is 3.42. The molecule has 13 heteroatoms. The van der Waals surface area contributed by atoms with Crippen LogP contribution in [0, 0.1) is 29.9 Å². The molecule has 0 saturated heterocycles. The van der Waals surface area contributed by atoms with Gasteiger partial charge in [-0.2, -0.15) is 0 Å². The number of aliphatic carboxylic acids is 1. The molecular formula is C25H24ClN3O8S. The number of nitro groups is 1. The number of thiophene rings is 1. The Balaban J connectivity index is 1.44. The lowest BCUT2D eigenvalue weighted by molar-refractivity contribution is -0.384. The lowest BCUT2D eigenvalue weighted by Crippen LogP contribution is -2.30. The quantitative estimate of drug-likeness (QED) is 0.147. The van der Waals surface area contributed by atoms with Crippen molar-refractivity contribution in [1.82, 2.24) is 9.97 Å². The highest BCUT2D eigenvalue weighted by Crippen LogP contribution is 2.37. The summed E-state index contributed by atoms with van der Waals surface area (Å²) in [4.78, 5) is 43.6. The average molecular weight is 562 g/mol. The van der Waals surface area contributed by atoms with Crippen LogP contribution in [0.25, 0.3) is 10.7 Å². The summed E-state index contributed by atoms with van der Waals surface area (Å²) in [6.07, 6.45) is 1.42. The van der Waals surface area contributed by atoms with E-state index in [-0.39, 0.29) is 24.1 Å². The summed E-state index contributed by atoms with van der Waals surface area (Å²) in [7, 11) is 0. The van der Waals surface area contributed by atoms with Crippen molar-refractivity contribution in [2.24, 2.45) is 5.92 Å². The highest BCUT2D eigenvalue weighted by atomic mass is 35.5. The van der Waals surface area contributed by atoms with Gasteiger partial charge in [0.1, 0.15) is 12.4 Å². The first-order valence-electron chi connectivity index (χ1n) is 11.7. The third kappa shape index (κ3) is 6.56. The Bertz CT molecular complexity index is 1340. The van der Waals surface area contributed by atoms with Gasteiger partial charge >= 0.3 is 12.1 Å². The van der Waals surface area contributed by atoms with Crippen LogP contribution in [0.4, 0.5) is 10.5 Å². The number of carbonyl (C=O) groups excluding carboxylic acids is 1. The van der Waals surface area contributed by atoms with Crippen LogP contribution in [0.5, 0.6) is 11.5 Å². The van der Waals surface area contributed by atoms with Gasteiger partial charge in [-0.15, -0.1) is 11.3 Å². The van der Waals surface area contributed by atoms with E-state index in [9.17, 15) is 24.8 Å². The van der Waals surface area contributed by atoms with Crippen LogP contribution >= 0.6 is 22.9 Å². The minimum absolute atomic E-state index is 0.0991. The van der Waals surface area contributed by atoms with Crippen molar-refractivity contribution >= 4 is 40.7 Å². The van der Waals surface area contributed by atoms with Gasteiger partial charge in [-0.3, -0.25) is 14.9 Å². The predicted molar refractivity (Wildman–Crippen MR) is 138 cm³/mol. The number of non-ortho nitro benzene ring substituents is 1. The van der Waals surface area contributed by atoms with E-state index in [4.69, 9.17) is 25.8 Å². The van der Waals surface area contributed by atoms with Gasteiger partial charge in [0.15, 0.2) is 11.6 Å². The fourth-order valence-electron chi connectivity index (χ4n) is 4.21. The number of nitro benzene ring substituents is 1. The van der Waals surface area contributed by atoms with Crippen molar-refractivity contribution in [3.8, 4) is 22.2 Å². The van der Waals surface area contributed by atoms with E-state index < -0.39 is 23.0 Å². The lowest BCUT2D eigenvalue weighted by Gasteiger charge is -2.28. The monoisotopic (exact) mass is 561 g/mol. The zero-order valence-electron chi connectivity index (χ0n) is 20.5. The number of hydrogen-bond donors (Lipinski definition) is 1. The lowest BCUT2D eigenvalue weighted by atomic mass is 9.87. The van der Waals surface area contributed by atoms with Crippen LogP contribution in [-0.4, -0.2) is 38.2 Å². The zero-order valence-corrected chi connectivity index (χ0v) is 22.1. The SMILES string of the molecule is Cc1nc(-c2sc(Cl)cc2COC(=O)Oc2ccc([N+](=O)[O-])cc2)nc(C)c1O[C@H]1CCC[C@H](C(=O)O)C1. The van der Waals surface area contributed by atoms with Gasteiger partial charge < -0.3 is 19.3 Å². The van der Waals surface area contributed by atoms with E-state index in [1.807, 2.05) is 0 Å². The second-order valence-corrected chi connectivity index (χ2v) is 10.5. The molecule has 1 saturated carbocycles. The summed E-state index contributed by atoms with van der Waals surface area (Å²) < 4.78 is 16.9. The van der Waals surface area contributed by atoms with Gasteiger partial charge in [-0.25, -0.2) is 14.8 Å². The second-order valence-electron chi connectivity index (χ2n) is 8.79. The number of ether oxygens (including phenoxy) is 3. The summed E-state index contributed by atoms with van der Waals surface area (Å²) in [6, 6.07) is 6.67. The number of carboxylic acid groups (broad SMARTS) is 1. The summed E-state index contributed by atoms with van der Waals surface area (Å²) in [5.74, 6) is -0.214. The molecule has 2 heterocycles. The maximum Gasteiger partial charge on any atom is 0.514 e. The standard InChI is InChI=1S/C25H24ClN3O8S/c1-13-21(36-19-5-3-4-15(10-19)24(30)31)14(2)28-23(27-13)22-16(11-20(26)38-22)12-35-25(32)37-18-8-6-17(7-9-18)29(33)34/h6-9,11,15,19H,3-5,10,12H2,1-2H3,(H,30,31)/t15-,19-/m0/s1. The highest BCUT2D eigenvalue weighted by Gasteiger charge is 2.29. The van der Waals surface area contributed by atoms with Crippen LogP contribution < -0.4 is 9.47 Å². The first-order chi connectivity index (χ1) is 18.1. The van der Waals surface area contributed by atoms with Crippen molar-refractivity contribution in [3.05, 3.63) is 61.7 Å². The molecule has 38 heavy (non-hydrogen) atoms. The molecule has 1 aromatic carbocycles. The Morgan fingerprint density at radius 3 is 2.50 bits per heavy atom. The molecule has 0 unspecified atom stereocenters. The number of halogens is 1. The first-order valence-corrected chi connectivity index (χ1v) is 12.9. The molecule has 0 amide bonds. The number of rotatable bonds is 8. The molecule has 0 bridgehead atoms. The molecule has 11 nitrogen and oxygen atoms in total. The van der Waals surface area contributed by atoms with E-state index in [0.29, 0.717) is 50.6 Å². The highest BCUT2D eigenvalue weighted by molar-refractivity contribution is 7.19. The Morgan fingerprint density at radius 1 is 1.18 bits per heavy atom. The van der Waals surface area contributed by atoms with Crippen LogP contribution in [0.3, 0.4) is 0 Å². The number of benzene rings is 1. The van der Waals surface area contributed by atoms with Gasteiger partial charge in [0.2, 0.25) is 0 Å². The van der Waals surface area contributed by atoms with Crippen LogP contribution in [-0.2, 0) is 16.1 Å². The maximum absolute atomic E-state index is 12.2. The third-order valence-corrected chi connectivity index (χ3v) is 7.34. The molecule has 0 radical (unpaired) electrons. The summed E-state index contributed by atoms with van der Waals surface area (Å²) in [5.41, 5.74) is 1.64. The molecule has 0 spiro atoms.